The van der Waals surface area contributed by atoms with Crippen molar-refractivity contribution in [2.24, 2.45) is 0 Å². The fourth-order valence-corrected chi connectivity index (χ4v) is 11.7. The van der Waals surface area contributed by atoms with Crippen molar-refractivity contribution in [2.45, 2.75) is 17.4 Å². The second-order valence-corrected chi connectivity index (χ2v) is 18.0. The molecule has 0 bridgehead atoms. The molecule has 2 aliphatic rings. The highest BCUT2D eigenvalue weighted by Crippen LogP contribution is 2.57. The highest BCUT2D eigenvalue weighted by atomic mass is 15.2. The molecule has 1 aromatic heterocycles. The van der Waals surface area contributed by atoms with Crippen LogP contribution in [0, 0.1) is 0 Å². The molecule has 322 valence electrons. The van der Waals surface area contributed by atoms with Crippen LogP contribution in [-0.4, -0.2) is 10.6 Å². The molecule has 0 amide bonds. The Morgan fingerprint density at radius 1 is 0.471 bits per heavy atom. The fraction of sp³-hybridized carbons (Fsp3) is 0.0462. The van der Waals surface area contributed by atoms with E-state index in [1.165, 1.54) is 77.2 Å². The molecule has 0 spiro atoms. The second-order valence-electron chi connectivity index (χ2n) is 18.0. The molecule has 0 radical (unpaired) electrons. The Bertz CT molecular complexity index is 3680. The molecule has 2 atom stereocenters. The van der Waals surface area contributed by atoms with Gasteiger partial charge in [0.1, 0.15) is 0 Å². The van der Waals surface area contributed by atoms with Crippen molar-refractivity contribution in [3.8, 4) is 16.8 Å². The lowest BCUT2D eigenvalue weighted by Gasteiger charge is -2.42. The number of anilines is 4. The summed E-state index contributed by atoms with van der Waals surface area (Å²) in [5.74, 6) is 0.0107. The third kappa shape index (κ3) is 5.99. The predicted molar refractivity (Wildman–Crippen MR) is 285 cm³/mol. The molecular formula is C65H47N3. The molecule has 13 rings (SSSR count). The van der Waals surface area contributed by atoms with E-state index in [1.807, 2.05) is 0 Å². The molecule has 10 aromatic carbocycles. The molecular weight excluding hydrogens is 823 g/mol. The highest BCUT2D eigenvalue weighted by molar-refractivity contribution is 6.10. The van der Waals surface area contributed by atoms with E-state index in [-0.39, 0.29) is 12.0 Å². The van der Waals surface area contributed by atoms with Crippen LogP contribution in [0.2, 0.25) is 0 Å². The number of hydrogen-bond acceptors (Lipinski definition) is 2. The van der Waals surface area contributed by atoms with E-state index in [4.69, 9.17) is 0 Å². The van der Waals surface area contributed by atoms with Gasteiger partial charge in [-0.25, -0.2) is 0 Å². The van der Waals surface area contributed by atoms with Crippen molar-refractivity contribution in [3.05, 3.63) is 295 Å². The molecule has 3 heteroatoms. The molecule has 0 saturated heterocycles. The predicted octanol–water partition coefficient (Wildman–Crippen LogP) is 16.4. The molecule has 68 heavy (non-hydrogen) atoms. The molecule has 0 fully saturated rings. The van der Waals surface area contributed by atoms with Gasteiger partial charge in [-0.1, -0.05) is 182 Å². The number of rotatable bonds is 9. The summed E-state index contributed by atoms with van der Waals surface area (Å²) < 4.78 is 2.39. The van der Waals surface area contributed by atoms with Gasteiger partial charge in [-0.15, -0.1) is 6.58 Å². The van der Waals surface area contributed by atoms with Crippen LogP contribution in [-0.2, 0) is 5.41 Å². The van der Waals surface area contributed by atoms with Crippen LogP contribution < -0.4 is 9.80 Å². The summed E-state index contributed by atoms with van der Waals surface area (Å²) in [6, 6.07) is 88.9. The van der Waals surface area contributed by atoms with Gasteiger partial charge < -0.3 is 14.4 Å². The largest absolute Gasteiger partial charge is 0.333 e. The molecule has 3 nitrogen and oxygen atoms in total. The van der Waals surface area contributed by atoms with Gasteiger partial charge in [-0.3, -0.25) is 0 Å². The van der Waals surface area contributed by atoms with Crippen LogP contribution in [0.3, 0.4) is 0 Å². The van der Waals surface area contributed by atoms with Gasteiger partial charge in [0.2, 0.25) is 0 Å². The summed E-state index contributed by atoms with van der Waals surface area (Å²) >= 11 is 0. The molecule has 0 N–H and O–H groups in total. The van der Waals surface area contributed by atoms with E-state index >= 15 is 0 Å². The maximum Gasteiger partial charge on any atom is 0.0714 e. The lowest BCUT2D eigenvalue weighted by Crippen LogP contribution is -2.37. The zero-order valence-corrected chi connectivity index (χ0v) is 37.5. The van der Waals surface area contributed by atoms with Crippen LogP contribution in [0.25, 0.3) is 49.4 Å². The van der Waals surface area contributed by atoms with Crippen molar-refractivity contribution in [1.29, 1.82) is 0 Å². The maximum absolute atomic E-state index is 4.51. The zero-order chi connectivity index (χ0) is 45.2. The van der Waals surface area contributed by atoms with Crippen molar-refractivity contribution < 1.29 is 0 Å². The van der Waals surface area contributed by atoms with Gasteiger partial charge in [-0.2, -0.15) is 0 Å². The maximum atomic E-state index is 4.51. The summed E-state index contributed by atoms with van der Waals surface area (Å²) in [4.78, 5) is 4.94. The number of hydrogen-bond donors (Lipinski definition) is 0. The Labute approximate surface area is 397 Å². The number of para-hydroxylation sites is 3. The van der Waals surface area contributed by atoms with E-state index in [1.54, 1.807) is 0 Å². The highest BCUT2D eigenvalue weighted by Gasteiger charge is 2.46. The van der Waals surface area contributed by atoms with Gasteiger partial charge >= 0.3 is 0 Å². The lowest BCUT2D eigenvalue weighted by atomic mass is 9.67. The quantitative estimate of drug-likeness (QED) is 0.134. The molecule has 0 saturated carbocycles. The van der Waals surface area contributed by atoms with E-state index < -0.39 is 5.41 Å². The molecule has 2 unspecified atom stereocenters. The minimum atomic E-state index is -0.545. The van der Waals surface area contributed by atoms with Gasteiger partial charge in [-0.05, 0) is 117 Å². The Morgan fingerprint density at radius 3 is 1.79 bits per heavy atom. The number of nitrogens with zero attached hydrogens (tertiary/aromatic N) is 3. The van der Waals surface area contributed by atoms with Gasteiger partial charge in [0.05, 0.1) is 22.5 Å². The first kappa shape index (κ1) is 39.7. The number of benzene rings is 10. The SMILES string of the molecule is C=CC1c2cccc3cccc(c23)N(c2ccccc2)C1/C=C/N(c1ccc2c(c1)C(c1ccccc1)(c1ccccc1)c1ccccc1-2)c1ccc2c(c1)c1ccccc1n2-c1ccccc1. The number of fused-ring (bicyclic) bond motifs is 6. The second kappa shape index (κ2) is 16.0. The monoisotopic (exact) mass is 869 g/mol. The normalized spacial score (nSPS) is 15.7. The third-order valence-corrected chi connectivity index (χ3v) is 14.6. The van der Waals surface area contributed by atoms with Gasteiger partial charge in [0, 0.05) is 56.7 Å². The summed E-state index contributed by atoms with van der Waals surface area (Å²) in [5.41, 5.74) is 16.3. The van der Waals surface area contributed by atoms with Crippen LogP contribution >= 0.6 is 0 Å². The Morgan fingerprint density at radius 2 is 1.06 bits per heavy atom. The molecule has 11 aromatic rings. The Balaban J connectivity index is 1.06. The minimum Gasteiger partial charge on any atom is -0.333 e. The smallest absolute Gasteiger partial charge is 0.0714 e. The minimum absolute atomic E-state index is 0.0107. The van der Waals surface area contributed by atoms with Crippen molar-refractivity contribution in [3.63, 3.8) is 0 Å². The Hall–Kier alpha value is -8.66. The first-order valence-corrected chi connectivity index (χ1v) is 23.6. The zero-order valence-electron chi connectivity index (χ0n) is 37.5. The standard InChI is InChI=1S/C65H47N3/c1-2-52-56-33-19-21-45-22-20-36-63(64(45)56)68(49-29-13-6-14-30-49)62(52)41-42-66(50-38-40-61-57(43-50)55-32-16-18-35-60(55)67(61)48-27-11-5-12-28-48)51-37-39-54-53-31-15-17-34-58(53)65(59(54)44-51,46-23-7-3-8-24-46)47-25-9-4-10-26-47/h2-44,52,62H,1H2/b42-41+. The van der Waals surface area contributed by atoms with Crippen LogP contribution in [0.15, 0.2) is 268 Å². The first-order chi connectivity index (χ1) is 33.7. The van der Waals surface area contributed by atoms with E-state index in [9.17, 15) is 0 Å². The lowest BCUT2D eigenvalue weighted by molar-refractivity contribution is 0.689. The summed E-state index contributed by atoms with van der Waals surface area (Å²) in [7, 11) is 0. The molecule has 1 aliphatic heterocycles. The van der Waals surface area contributed by atoms with Crippen LogP contribution in [0.5, 0.6) is 0 Å². The van der Waals surface area contributed by atoms with E-state index in [0.717, 1.165) is 22.7 Å². The van der Waals surface area contributed by atoms with Crippen LogP contribution in [0.1, 0.15) is 33.7 Å². The number of aromatic nitrogens is 1. The first-order valence-electron chi connectivity index (χ1n) is 23.6. The van der Waals surface area contributed by atoms with Gasteiger partial charge in [0.25, 0.3) is 0 Å². The molecule has 2 heterocycles. The van der Waals surface area contributed by atoms with E-state index in [0.29, 0.717) is 0 Å². The average Bonchev–Trinajstić information content (AvgIpc) is 3.90. The third-order valence-electron chi connectivity index (χ3n) is 14.6. The topological polar surface area (TPSA) is 11.4 Å². The molecule has 1 aliphatic carbocycles. The fourth-order valence-electron chi connectivity index (χ4n) is 11.7. The van der Waals surface area contributed by atoms with Crippen molar-refractivity contribution in [1.82, 2.24) is 4.57 Å². The van der Waals surface area contributed by atoms with Crippen molar-refractivity contribution >= 4 is 55.3 Å². The summed E-state index contributed by atoms with van der Waals surface area (Å²) in [5, 5.41) is 4.93. The Kier molecular flexibility index (Phi) is 9.36. The van der Waals surface area contributed by atoms with Crippen molar-refractivity contribution in [2.75, 3.05) is 9.80 Å². The van der Waals surface area contributed by atoms with E-state index in [2.05, 4.69) is 282 Å². The average molecular weight is 870 g/mol. The summed E-state index contributed by atoms with van der Waals surface area (Å²) in [6.45, 7) is 4.51. The van der Waals surface area contributed by atoms with Gasteiger partial charge in [0.15, 0.2) is 0 Å². The van der Waals surface area contributed by atoms with Crippen LogP contribution in [0.4, 0.5) is 22.7 Å². The summed E-state index contributed by atoms with van der Waals surface area (Å²) in [6.07, 6.45) is 6.89.